The van der Waals surface area contributed by atoms with E-state index in [9.17, 15) is 55.1 Å². The highest BCUT2D eigenvalue weighted by atomic mass is 35.5. The zero-order chi connectivity index (χ0) is 91.6. The number of sulfonamides is 1. The highest BCUT2D eigenvalue weighted by molar-refractivity contribution is 7.91. The Hall–Kier alpha value is -12.2. The number of nitrogens with two attached hydrogens (primary N) is 1. The van der Waals surface area contributed by atoms with Crippen LogP contribution >= 0.6 is 46.4 Å². The summed E-state index contributed by atoms with van der Waals surface area (Å²) in [5.74, 6) is -0.488. The third kappa shape index (κ3) is 26.2. The lowest BCUT2D eigenvalue weighted by atomic mass is 10.1. The molecule has 44 heteroatoms. The van der Waals surface area contributed by atoms with Gasteiger partial charge in [-0.2, -0.15) is 58.8 Å². The van der Waals surface area contributed by atoms with Crippen LogP contribution in [0, 0.1) is 13.8 Å². The summed E-state index contributed by atoms with van der Waals surface area (Å²) in [6.45, 7) is 4.19. The van der Waals surface area contributed by atoms with Gasteiger partial charge in [0, 0.05) is 44.2 Å². The Morgan fingerprint density at radius 1 is 0.449 bits per heavy atom. The first-order chi connectivity index (χ1) is 60.3. The maximum atomic E-state index is 13.3. The van der Waals surface area contributed by atoms with Gasteiger partial charge in [-0.25, -0.2) is 21.5 Å². The summed E-state index contributed by atoms with van der Waals surface area (Å²) in [5.41, 5.74) is 16.4. The van der Waals surface area contributed by atoms with Gasteiger partial charge in [-0.3, -0.25) is 17.8 Å². The lowest BCUT2D eigenvalue weighted by Gasteiger charge is -2.10. The van der Waals surface area contributed by atoms with Crippen LogP contribution in [0.3, 0.4) is 0 Å². The third-order valence-corrected chi connectivity index (χ3v) is 25.7. The Labute approximate surface area is 749 Å². The molecule has 0 bridgehead atoms. The van der Waals surface area contributed by atoms with Gasteiger partial charge in [0.05, 0.1) is 79.0 Å². The molecule has 0 saturated heterocycles. The van der Waals surface area contributed by atoms with Crippen molar-refractivity contribution in [1.82, 2.24) is 24.5 Å². The van der Waals surface area contributed by atoms with E-state index < -0.39 is 84.3 Å². The standard InChI is InChI=1S/C27H21N3O5S2.C21H20N4O5S.C18H18Cl2N4O5S2.C17H15Cl2N5O3S/c31-36(32,33)18-19-15-16-23-22(17-19)27(26(28-23)20-9-3-1-4-10-20)30-29-24-13-7-8-14-25(24)37(34,35)21-11-5-2-6-12-21;1-29-19-9-6-16(7-10-19)22-25-20-11-8-18(13-21(20)30-2)24-23-17-5-3-4-15(12-17)14-31(26,27)28;1-3-30(25,26)29-10-21-31(27,28)17-9-13(19)16(8-14(17)20)23-24-18-11(2)22-15-7-5-4-6-12(15)18;1-10-16(17(20)24(23-10)12-5-3-2-4-6-12)22-21-15-8-13(18)11(7-14(15)19)9-28(25,26)27/h1-17,28H,18H2,(H,31,32,33);3-13H,14H2,1-2H3,(H,26,27,28);4-9,21-22H,3,10H2,1-2H3;2-8H,9,20H2,1H3,(H,25,26,27). The average Bonchev–Trinajstić information content (AvgIpc) is 1.68. The Morgan fingerprint density at radius 3 is 1.64 bits per heavy atom. The van der Waals surface area contributed by atoms with E-state index in [1.54, 1.807) is 134 Å². The molecule has 0 unspecified atom stereocenters. The number of H-pyrrole nitrogens is 2. The quantitative estimate of drug-likeness (QED) is 0.0104. The molecular weight excluding hydrogens is 1840 g/mol. The van der Waals surface area contributed by atoms with Gasteiger partial charge in [0.25, 0.3) is 40.5 Å². The molecule has 127 heavy (non-hydrogen) atoms. The third-order valence-electron chi connectivity index (χ3n) is 17.8. The van der Waals surface area contributed by atoms with Crippen LogP contribution < -0.4 is 19.9 Å². The molecule has 0 saturated carbocycles. The molecule has 0 aliphatic rings. The van der Waals surface area contributed by atoms with E-state index in [-0.39, 0.29) is 63.2 Å². The van der Waals surface area contributed by atoms with Gasteiger partial charge >= 0.3 is 0 Å². The summed E-state index contributed by atoms with van der Waals surface area (Å²) in [4.78, 5) is 6.30. The Balaban J connectivity index is 0.000000165. The fraction of sp³-hybridized carbons (Fsp3) is 0.120. The molecule has 8 N–H and O–H groups in total. The van der Waals surface area contributed by atoms with Crippen LogP contribution in [0.2, 0.25) is 20.1 Å². The largest absolute Gasteiger partial charge is 0.497 e. The van der Waals surface area contributed by atoms with Crippen molar-refractivity contribution in [1.29, 1.82) is 0 Å². The SMILES string of the molecule is CCS(=O)(=O)OCNS(=O)(=O)c1cc(Cl)c(N=Nc2c(C)[nH]c3ccccc23)cc1Cl.COc1ccc(N=Nc2ccc(N=Nc3cccc(CS(=O)(=O)O)c3)cc2OC)cc1.Cc1nn(-c2ccccc2)c(N)c1N=Nc1cc(Cl)c(CS(=O)(=O)O)cc1Cl.O=S(=O)(O)Cc1ccc2[nH]c(-c3ccccc3)c(N=Nc3ccccc3S(=O)(=O)c3ccccc3)c2c1. The van der Waals surface area contributed by atoms with E-state index in [0.717, 1.165) is 39.7 Å². The molecule has 0 spiro atoms. The minimum Gasteiger partial charge on any atom is -0.497 e. The predicted molar refractivity (Wildman–Crippen MR) is 486 cm³/mol. The molecule has 0 aliphatic carbocycles. The normalized spacial score (nSPS) is 12.3. The number of ether oxygens (including phenoxy) is 2. The van der Waals surface area contributed by atoms with Crippen LogP contribution in [0.25, 0.3) is 38.8 Å². The van der Waals surface area contributed by atoms with Gasteiger partial charge in [0.2, 0.25) is 19.9 Å². The van der Waals surface area contributed by atoms with Crippen LogP contribution in [0.4, 0.5) is 62.7 Å². The van der Waals surface area contributed by atoms with Gasteiger partial charge in [0.1, 0.15) is 74.5 Å². The van der Waals surface area contributed by atoms with Crippen molar-refractivity contribution in [2.75, 3.05) is 32.4 Å². The number of nitrogens with one attached hydrogen (secondary N) is 3. The van der Waals surface area contributed by atoms with Crippen molar-refractivity contribution in [2.24, 2.45) is 51.1 Å². The molecule has 0 atom stereocenters. The minimum absolute atomic E-state index is 0.00637. The molecule has 3 heterocycles. The van der Waals surface area contributed by atoms with E-state index in [0.29, 0.717) is 84.8 Å². The number of hydrogen-bond donors (Lipinski definition) is 7. The van der Waals surface area contributed by atoms with E-state index in [1.165, 1.54) is 56.5 Å². The van der Waals surface area contributed by atoms with Crippen LogP contribution in [-0.4, -0.2) is 111 Å². The molecule has 0 amide bonds. The number of anilines is 1. The molecular formula is C83H74Cl4N16O18S6. The number of nitrogen functional groups attached to an aromatic ring is 1. The molecule has 0 radical (unpaired) electrons. The van der Waals surface area contributed by atoms with Gasteiger partial charge < -0.3 is 25.2 Å². The number of aromatic amines is 2. The van der Waals surface area contributed by atoms with Crippen LogP contribution in [0.5, 0.6) is 11.5 Å². The number of para-hydroxylation sites is 2. The van der Waals surface area contributed by atoms with Crippen molar-refractivity contribution in [3.63, 3.8) is 0 Å². The summed E-state index contributed by atoms with van der Waals surface area (Å²) >= 11 is 24.5. The minimum atomic E-state index is -4.24. The number of sulfone groups is 1. The van der Waals surface area contributed by atoms with Crippen molar-refractivity contribution in [3.8, 4) is 28.4 Å². The number of aromatic nitrogens is 4. The zero-order valence-corrected chi connectivity index (χ0v) is 75.0. The number of hydrogen-bond acceptors (Lipinski definition) is 27. The number of fused-ring (bicyclic) bond motifs is 2. The number of halogens is 4. The highest BCUT2D eigenvalue weighted by Gasteiger charge is 2.26. The van der Waals surface area contributed by atoms with Gasteiger partial charge in [-0.1, -0.05) is 162 Å². The number of benzene rings is 11. The van der Waals surface area contributed by atoms with Crippen molar-refractivity contribution in [3.05, 3.63) is 297 Å². The number of methoxy groups -OCH3 is 2. The molecule has 34 nitrogen and oxygen atoms in total. The Kier molecular flexibility index (Phi) is 31.5. The first kappa shape index (κ1) is 95.4. The van der Waals surface area contributed by atoms with Crippen LogP contribution in [0.15, 0.2) is 315 Å². The summed E-state index contributed by atoms with van der Waals surface area (Å²) in [6.07, 6.45) is 0. The zero-order valence-electron chi connectivity index (χ0n) is 67.1. The average molecular weight is 1920 g/mol. The van der Waals surface area contributed by atoms with Crippen LogP contribution in [0.1, 0.15) is 35.0 Å². The van der Waals surface area contributed by atoms with Crippen molar-refractivity contribution >= 4 is 191 Å². The van der Waals surface area contributed by atoms with Gasteiger partial charge in [0.15, 0.2) is 11.5 Å². The second-order valence-electron chi connectivity index (χ2n) is 26.9. The molecule has 658 valence electrons. The fourth-order valence-electron chi connectivity index (χ4n) is 11.8. The fourth-order valence-corrected chi connectivity index (χ4v) is 17.7. The molecule has 0 aliphatic heterocycles. The van der Waals surface area contributed by atoms with E-state index >= 15 is 0 Å². The monoisotopic (exact) mass is 1910 g/mol. The maximum Gasteiger partial charge on any atom is 0.269 e. The van der Waals surface area contributed by atoms with Crippen molar-refractivity contribution in [2.45, 2.75) is 52.7 Å². The van der Waals surface area contributed by atoms with E-state index in [4.69, 9.17) is 70.7 Å². The Morgan fingerprint density at radius 2 is 0.992 bits per heavy atom. The van der Waals surface area contributed by atoms with Gasteiger partial charge in [-0.15, -0.1) is 35.8 Å². The number of nitrogens with zero attached hydrogens (tertiary/aromatic N) is 12. The topological polar surface area (TPSA) is 504 Å². The predicted octanol–water partition coefficient (Wildman–Crippen LogP) is 22.1. The van der Waals surface area contributed by atoms with Crippen molar-refractivity contribution < 1.29 is 77.8 Å². The first-order valence-electron chi connectivity index (χ1n) is 37.0. The lowest BCUT2D eigenvalue weighted by molar-refractivity contribution is 0.313. The van der Waals surface area contributed by atoms with Gasteiger partial charge in [-0.05, 0) is 165 Å². The number of aryl methyl sites for hydroxylation is 2. The maximum absolute atomic E-state index is 13.3. The highest BCUT2D eigenvalue weighted by Crippen LogP contribution is 2.43. The Bertz CT molecular complexity index is 7290. The summed E-state index contributed by atoms with van der Waals surface area (Å²) in [5, 5.41) is 47.9. The summed E-state index contributed by atoms with van der Waals surface area (Å²) in [7, 11) is -21.3. The van der Waals surface area contributed by atoms with Crippen LogP contribution in [-0.2, 0) is 81.8 Å². The molecule has 0 fully saturated rings. The molecule has 11 aromatic carbocycles. The first-order valence-corrected chi connectivity index (χ1v) is 47.9. The second-order valence-corrected chi connectivity index (χ2v) is 38.4. The number of azo groups is 5. The second kappa shape index (κ2) is 41.9. The van der Waals surface area contributed by atoms with E-state index in [2.05, 4.69) is 70.4 Å². The summed E-state index contributed by atoms with van der Waals surface area (Å²) in [6, 6.07) is 69.3. The molecule has 3 aromatic heterocycles. The number of rotatable bonds is 28. The summed E-state index contributed by atoms with van der Waals surface area (Å²) < 4.78 is 187. The molecule has 14 rings (SSSR count). The smallest absolute Gasteiger partial charge is 0.269 e. The van der Waals surface area contributed by atoms with E-state index in [1.807, 2.05) is 96.6 Å². The molecule has 14 aromatic rings. The lowest BCUT2D eigenvalue weighted by Crippen LogP contribution is -2.28.